The number of nitrogens with one attached hydrogen (secondary N) is 2. The molecule has 2 N–H and O–H groups in total. The number of H-pyrrole nitrogens is 1. The molecule has 1 aromatic heterocycles. The molecular weight excluding hydrogens is 468 g/mol. The number of halogens is 1. The molecule has 1 atom stereocenters. The third-order valence-electron chi connectivity index (χ3n) is 5.50. The van der Waals surface area contributed by atoms with Crippen molar-refractivity contribution in [2.45, 2.75) is 19.1 Å². The fourth-order valence-electron chi connectivity index (χ4n) is 3.68. The second-order valence-corrected chi connectivity index (χ2v) is 8.33. The number of hydrogen-bond donors (Lipinski definition) is 2. The van der Waals surface area contributed by atoms with Gasteiger partial charge >= 0.3 is 5.97 Å². The normalized spacial score (nSPS) is 11.6. The highest BCUT2D eigenvalue weighted by molar-refractivity contribution is 6.30. The summed E-state index contributed by atoms with van der Waals surface area (Å²) in [6, 6.07) is 21.1. The summed E-state index contributed by atoms with van der Waals surface area (Å²) in [5, 5.41) is 4.02. The molecule has 1 amide bonds. The van der Waals surface area contributed by atoms with Gasteiger partial charge in [-0.1, -0.05) is 41.9 Å². The molecule has 1 unspecified atom stereocenters. The monoisotopic (exact) mass is 490 g/mol. The third kappa shape index (κ3) is 6.07. The predicted molar refractivity (Wildman–Crippen MR) is 134 cm³/mol. The fourth-order valence-corrected chi connectivity index (χ4v) is 3.80. The van der Waals surface area contributed by atoms with Crippen LogP contribution in [0.1, 0.15) is 21.5 Å². The summed E-state index contributed by atoms with van der Waals surface area (Å²) < 4.78 is 10.7. The van der Waals surface area contributed by atoms with Gasteiger partial charge in [-0.2, -0.15) is 0 Å². The van der Waals surface area contributed by atoms with E-state index in [4.69, 9.17) is 21.1 Å². The molecule has 1 heterocycles. The molecule has 0 bridgehead atoms. The van der Waals surface area contributed by atoms with E-state index in [1.807, 2.05) is 18.2 Å². The zero-order valence-electron chi connectivity index (χ0n) is 18.9. The lowest BCUT2D eigenvalue weighted by Crippen LogP contribution is -2.43. The summed E-state index contributed by atoms with van der Waals surface area (Å²) >= 11 is 5.92. The Morgan fingerprint density at radius 1 is 1.00 bits per heavy atom. The first kappa shape index (κ1) is 24.0. The quantitative estimate of drug-likeness (QED) is 0.359. The van der Waals surface area contributed by atoms with Gasteiger partial charge in [0.15, 0.2) is 0 Å². The van der Waals surface area contributed by atoms with Crippen LogP contribution in [0.4, 0.5) is 0 Å². The summed E-state index contributed by atoms with van der Waals surface area (Å²) in [6.45, 7) is 0.0201. The summed E-state index contributed by atoms with van der Waals surface area (Å²) in [5.41, 5.74) is 2.08. The number of para-hydroxylation sites is 1. The summed E-state index contributed by atoms with van der Waals surface area (Å²) in [7, 11) is 1.57. The maximum atomic E-state index is 13.1. The second kappa shape index (κ2) is 10.9. The smallest absolute Gasteiger partial charge is 0.329 e. The van der Waals surface area contributed by atoms with E-state index in [0.717, 1.165) is 10.9 Å². The van der Waals surface area contributed by atoms with Crippen LogP contribution in [0.15, 0.2) is 83.7 Å². The molecule has 0 aliphatic heterocycles. The molecule has 178 valence electrons. The van der Waals surface area contributed by atoms with Gasteiger partial charge in [-0.3, -0.25) is 9.59 Å². The van der Waals surface area contributed by atoms with Gasteiger partial charge in [-0.15, -0.1) is 0 Å². The lowest BCUT2D eigenvalue weighted by atomic mass is 10.0. The van der Waals surface area contributed by atoms with Crippen LogP contribution in [-0.2, 0) is 22.6 Å². The topological polar surface area (TPSA) is 97.5 Å². The number of benzene rings is 3. The second-order valence-electron chi connectivity index (χ2n) is 7.90. The molecule has 0 radical (unpaired) electrons. The van der Waals surface area contributed by atoms with E-state index >= 15 is 0 Å². The lowest BCUT2D eigenvalue weighted by molar-refractivity contribution is -0.147. The number of rotatable bonds is 8. The number of esters is 1. The molecular formula is C27H23ClN2O5. The molecule has 0 fully saturated rings. The van der Waals surface area contributed by atoms with E-state index in [9.17, 15) is 14.4 Å². The maximum Gasteiger partial charge on any atom is 0.329 e. The number of aromatic nitrogens is 1. The van der Waals surface area contributed by atoms with Gasteiger partial charge in [0.05, 0.1) is 7.11 Å². The number of ether oxygens (including phenoxy) is 2. The van der Waals surface area contributed by atoms with Gasteiger partial charge in [0.25, 0.3) is 5.91 Å². The Labute approximate surface area is 206 Å². The van der Waals surface area contributed by atoms with E-state index in [1.54, 1.807) is 61.7 Å². The molecule has 7 nitrogen and oxygen atoms in total. The average molecular weight is 491 g/mol. The van der Waals surface area contributed by atoms with Crippen LogP contribution in [0, 0.1) is 0 Å². The summed E-state index contributed by atoms with van der Waals surface area (Å²) in [6.07, 6.45) is 0.0746. The Morgan fingerprint density at radius 2 is 1.71 bits per heavy atom. The summed E-state index contributed by atoms with van der Waals surface area (Å²) in [5.74, 6) is -0.385. The lowest BCUT2D eigenvalue weighted by Gasteiger charge is -2.19. The van der Waals surface area contributed by atoms with Crippen LogP contribution in [0.25, 0.3) is 10.9 Å². The molecule has 0 saturated carbocycles. The van der Waals surface area contributed by atoms with E-state index in [2.05, 4.69) is 10.3 Å². The van der Waals surface area contributed by atoms with Gasteiger partial charge in [-0.25, -0.2) is 4.79 Å². The fraction of sp³-hybridized carbons (Fsp3) is 0.148. The van der Waals surface area contributed by atoms with Crippen molar-refractivity contribution < 1.29 is 19.1 Å². The van der Waals surface area contributed by atoms with Crippen molar-refractivity contribution in [3.63, 3.8) is 0 Å². The average Bonchev–Trinajstić information content (AvgIpc) is 2.87. The Balaban J connectivity index is 1.58. The van der Waals surface area contributed by atoms with Crippen molar-refractivity contribution in [1.29, 1.82) is 0 Å². The first-order valence-electron chi connectivity index (χ1n) is 10.9. The molecule has 4 aromatic rings. The standard InChI is InChI=1S/C27H23ClN2O5/c1-34-21-12-6-17(7-13-21)16-35-27(33)24(30-26(32)18-8-10-20(28)11-9-18)14-19-15-25(31)29-23-5-3-2-4-22(19)23/h2-13,15,24H,14,16H2,1H3,(H,29,31)(H,30,32). The Hall–Kier alpha value is -4.10. The van der Waals surface area contributed by atoms with Crippen LogP contribution in [0.2, 0.25) is 5.02 Å². The Bertz CT molecular complexity index is 1400. The number of aromatic amines is 1. The van der Waals surface area contributed by atoms with Crippen LogP contribution in [-0.4, -0.2) is 30.0 Å². The van der Waals surface area contributed by atoms with E-state index in [1.165, 1.54) is 6.07 Å². The van der Waals surface area contributed by atoms with E-state index in [0.29, 0.717) is 27.4 Å². The SMILES string of the molecule is COc1ccc(COC(=O)C(Cc2cc(=O)[nH]c3ccccc23)NC(=O)c2ccc(Cl)cc2)cc1. The van der Waals surface area contributed by atoms with Crippen molar-refractivity contribution in [2.75, 3.05) is 7.11 Å². The first-order valence-corrected chi connectivity index (χ1v) is 11.3. The van der Waals surface area contributed by atoms with Gasteiger partial charge < -0.3 is 19.8 Å². The highest BCUT2D eigenvalue weighted by Gasteiger charge is 2.25. The van der Waals surface area contributed by atoms with Crippen molar-refractivity contribution in [2.24, 2.45) is 0 Å². The number of fused-ring (bicyclic) bond motifs is 1. The predicted octanol–water partition coefficient (Wildman–Crippen LogP) is 4.27. The van der Waals surface area contributed by atoms with Crippen molar-refractivity contribution >= 4 is 34.4 Å². The molecule has 8 heteroatoms. The van der Waals surface area contributed by atoms with Gasteiger partial charge in [0.2, 0.25) is 5.56 Å². The molecule has 0 aliphatic carbocycles. The van der Waals surface area contributed by atoms with Gasteiger partial charge in [0.1, 0.15) is 18.4 Å². The van der Waals surface area contributed by atoms with Gasteiger partial charge in [0, 0.05) is 34.0 Å². The molecule has 35 heavy (non-hydrogen) atoms. The molecule has 0 saturated heterocycles. The first-order chi connectivity index (χ1) is 16.9. The third-order valence-corrected chi connectivity index (χ3v) is 5.75. The minimum atomic E-state index is -1.03. The van der Waals surface area contributed by atoms with Crippen molar-refractivity contribution in [3.8, 4) is 5.75 Å². The Morgan fingerprint density at radius 3 is 2.43 bits per heavy atom. The van der Waals surface area contributed by atoms with Crippen LogP contribution in [0.3, 0.4) is 0 Å². The van der Waals surface area contributed by atoms with E-state index < -0.39 is 17.9 Å². The number of carbonyl (C=O) groups excluding carboxylic acids is 2. The van der Waals surface area contributed by atoms with Crippen LogP contribution in [0.5, 0.6) is 5.75 Å². The van der Waals surface area contributed by atoms with E-state index in [-0.39, 0.29) is 18.6 Å². The maximum absolute atomic E-state index is 13.1. The van der Waals surface area contributed by atoms with Crippen LogP contribution < -0.4 is 15.6 Å². The largest absolute Gasteiger partial charge is 0.497 e. The molecule has 0 spiro atoms. The number of pyridine rings is 1. The number of methoxy groups -OCH3 is 1. The van der Waals surface area contributed by atoms with Crippen LogP contribution >= 0.6 is 11.6 Å². The minimum Gasteiger partial charge on any atom is -0.497 e. The number of amides is 1. The Kier molecular flexibility index (Phi) is 7.48. The number of carbonyl (C=O) groups is 2. The highest BCUT2D eigenvalue weighted by atomic mass is 35.5. The summed E-state index contributed by atoms with van der Waals surface area (Å²) in [4.78, 5) is 41.0. The molecule has 3 aromatic carbocycles. The zero-order valence-corrected chi connectivity index (χ0v) is 19.7. The molecule has 0 aliphatic rings. The molecule has 4 rings (SSSR count). The van der Waals surface area contributed by atoms with Gasteiger partial charge in [-0.05, 0) is 53.6 Å². The van der Waals surface area contributed by atoms with Crippen molar-refractivity contribution in [3.05, 3.63) is 111 Å². The zero-order chi connectivity index (χ0) is 24.8. The van der Waals surface area contributed by atoms with Crippen molar-refractivity contribution in [1.82, 2.24) is 10.3 Å². The minimum absolute atomic E-state index is 0.0201. The number of hydrogen-bond acceptors (Lipinski definition) is 5. The highest BCUT2D eigenvalue weighted by Crippen LogP contribution is 2.18.